The van der Waals surface area contributed by atoms with Crippen LogP contribution in [0.5, 0.6) is 0 Å². The number of hydrogen-bond donors (Lipinski definition) is 0. The first-order valence-electron chi connectivity index (χ1n) is 6.51. The molecule has 0 amide bonds. The molecule has 0 N–H and O–H groups in total. The van der Waals surface area contributed by atoms with Gasteiger partial charge in [0.2, 0.25) is 0 Å². The van der Waals surface area contributed by atoms with Gasteiger partial charge in [-0.2, -0.15) is 0 Å². The van der Waals surface area contributed by atoms with Crippen LogP contribution in [0.1, 0.15) is 37.3 Å². The zero-order valence-electron chi connectivity index (χ0n) is 11.8. The molecule has 1 aliphatic rings. The Morgan fingerprint density at radius 2 is 1.95 bits per heavy atom. The van der Waals surface area contributed by atoms with Gasteiger partial charge < -0.3 is 4.90 Å². The highest BCUT2D eigenvalue weighted by atomic mass is 127. The maximum Gasteiger partial charge on any atom is 0.148 e. The van der Waals surface area contributed by atoms with Crippen molar-refractivity contribution in [2.45, 2.75) is 25.8 Å². The number of rotatable bonds is 2. The van der Waals surface area contributed by atoms with E-state index in [0.29, 0.717) is 11.1 Å². The Balaban J connectivity index is 2.39. The molecule has 19 heavy (non-hydrogen) atoms. The fourth-order valence-electron chi connectivity index (χ4n) is 2.27. The molecule has 1 aromatic heterocycles. The zero-order chi connectivity index (χ0) is 14.2. The van der Waals surface area contributed by atoms with Crippen molar-refractivity contribution in [2.24, 2.45) is 0 Å². The summed E-state index contributed by atoms with van der Waals surface area (Å²) in [6.07, 6.45) is 0. The van der Waals surface area contributed by atoms with Crippen LogP contribution in [0.25, 0.3) is 0 Å². The minimum atomic E-state index is 0.228. The molecule has 1 fully saturated rings. The highest BCUT2D eigenvalue weighted by molar-refractivity contribution is 14.1. The summed E-state index contributed by atoms with van der Waals surface area (Å²) in [4.78, 5) is 13.9. The van der Waals surface area contributed by atoms with Gasteiger partial charge in [0, 0.05) is 19.6 Å². The van der Waals surface area contributed by atoms with Gasteiger partial charge in [-0.3, -0.25) is 4.90 Å². The van der Waals surface area contributed by atoms with E-state index in [1.165, 1.54) is 0 Å². The van der Waals surface area contributed by atoms with Gasteiger partial charge in [0.05, 0.1) is 15.3 Å². The number of piperazine rings is 1. The van der Waals surface area contributed by atoms with E-state index in [2.05, 4.69) is 65.3 Å². The summed E-state index contributed by atoms with van der Waals surface area (Å²) in [5.41, 5.74) is 1.05. The lowest BCUT2D eigenvalue weighted by molar-refractivity contribution is 0.109. The Morgan fingerprint density at radius 3 is 2.58 bits per heavy atom. The first-order valence-corrected chi connectivity index (χ1v) is 7.97. The molecule has 2 rings (SSSR count). The van der Waals surface area contributed by atoms with Crippen LogP contribution in [0, 0.1) is 3.57 Å². The van der Waals surface area contributed by atoms with Crippen molar-refractivity contribution in [3.05, 3.63) is 20.2 Å². The van der Waals surface area contributed by atoms with Crippen LogP contribution in [0.4, 0.5) is 0 Å². The summed E-state index contributed by atoms with van der Waals surface area (Å²) in [5.74, 6) is 1.21. The molecule has 0 aliphatic carbocycles. The molecule has 106 valence electrons. The monoisotopic (exact) mass is 394 g/mol. The Morgan fingerprint density at radius 1 is 1.26 bits per heavy atom. The second-order valence-electron chi connectivity index (χ2n) is 5.49. The summed E-state index contributed by atoms with van der Waals surface area (Å²) in [7, 11) is 4.26. The number of likely N-dealkylation sites (N-methyl/N-ethyl adjacent to an activating group) is 2. The second-order valence-corrected chi connectivity index (χ2v) is 6.92. The van der Waals surface area contributed by atoms with E-state index in [4.69, 9.17) is 16.6 Å². The van der Waals surface area contributed by atoms with Crippen molar-refractivity contribution in [3.63, 3.8) is 0 Å². The Bertz CT molecular complexity index is 466. The van der Waals surface area contributed by atoms with Crippen molar-refractivity contribution in [1.29, 1.82) is 0 Å². The van der Waals surface area contributed by atoms with Gasteiger partial charge >= 0.3 is 0 Å². The molecule has 1 saturated heterocycles. The summed E-state index contributed by atoms with van der Waals surface area (Å²) >= 11 is 8.51. The third kappa shape index (κ3) is 3.37. The molecule has 0 spiro atoms. The first-order chi connectivity index (χ1) is 8.90. The van der Waals surface area contributed by atoms with Gasteiger partial charge in [-0.25, -0.2) is 9.97 Å². The van der Waals surface area contributed by atoms with Crippen LogP contribution < -0.4 is 0 Å². The summed E-state index contributed by atoms with van der Waals surface area (Å²) < 4.78 is 0.977. The average Bonchev–Trinajstić information content (AvgIpc) is 2.35. The van der Waals surface area contributed by atoms with Gasteiger partial charge in [0.25, 0.3) is 0 Å². The van der Waals surface area contributed by atoms with E-state index < -0.39 is 0 Å². The predicted molar refractivity (Wildman–Crippen MR) is 86.7 cm³/mol. The maximum absolute atomic E-state index is 6.28. The lowest BCUT2D eigenvalue weighted by Gasteiger charge is -2.36. The van der Waals surface area contributed by atoms with E-state index in [1.807, 2.05) is 0 Å². The maximum atomic E-state index is 6.28. The fraction of sp³-hybridized carbons (Fsp3) is 0.692. The Kier molecular flexibility index (Phi) is 5.03. The Labute approximate surface area is 133 Å². The van der Waals surface area contributed by atoms with Gasteiger partial charge in [-0.05, 0) is 42.6 Å². The normalized spacial score (nSPS) is 22.2. The van der Waals surface area contributed by atoms with Gasteiger partial charge in [-0.15, -0.1) is 0 Å². The molecular weight excluding hydrogens is 375 g/mol. The van der Waals surface area contributed by atoms with Crippen LogP contribution in [-0.4, -0.2) is 53.5 Å². The van der Waals surface area contributed by atoms with Crippen molar-refractivity contribution in [1.82, 2.24) is 19.8 Å². The Hall–Kier alpha value is 0.0200. The third-order valence-electron chi connectivity index (χ3n) is 3.55. The van der Waals surface area contributed by atoms with Crippen LogP contribution in [-0.2, 0) is 0 Å². The quantitative estimate of drug-likeness (QED) is 0.570. The van der Waals surface area contributed by atoms with Crippen LogP contribution in [0.3, 0.4) is 0 Å². The smallest absolute Gasteiger partial charge is 0.148 e. The minimum Gasteiger partial charge on any atom is -0.303 e. The van der Waals surface area contributed by atoms with Crippen LogP contribution >= 0.6 is 34.2 Å². The molecule has 0 saturated carbocycles. The summed E-state index contributed by atoms with van der Waals surface area (Å²) in [5, 5.41) is 0.580. The first kappa shape index (κ1) is 15.4. The molecule has 1 unspecified atom stereocenters. The predicted octanol–water partition coefficient (Wildman–Crippen LogP) is 2.78. The molecular formula is C13H20ClIN4. The molecule has 4 nitrogen and oxygen atoms in total. The van der Waals surface area contributed by atoms with E-state index in [1.54, 1.807) is 0 Å². The largest absolute Gasteiger partial charge is 0.303 e. The fourth-order valence-corrected chi connectivity index (χ4v) is 3.32. The molecule has 1 atom stereocenters. The number of hydrogen-bond acceptors (Lipinski definition) is 4. The number of aromatic nitrogens is 2. The summed E-state index contributed by atoms with van der Waals surface area (Å²) in [6, 6.07) is 0.228. The van der Waals surface area contributed by atoms with E-state index in [9.17, 15) is 0 Å². The standard InChI is InChI=1S/C13H20ClIN4/c1-8(2)11-10(15)12(14)17-13(16-11)9-7-18(3)5-6-19(9)4/h8-9H,5-7H2,1-4H3. The van der Waals surface area contributed by atoms with Crippen molar-refractivity contribution < 1.29 is 0 Å². The van der Waals surface area contributed by atoms with Crippen LogP contribution in [0.15, 0.2) is 0 Å². The van der Waals surface area contributed by atoms with Crippen molar-refractivity contribution in [3.8, 4) is 0 Å². The number of nitrogens with zero attached hydrogens (tertiary/aromatic N) is 4. The molecule has 1 aromatic rings. The van der Waals surface area contributed by atoms with Crippen molar-refractivity contribution in [2.75, 3.05) is 33.7 Å². The van der Waals surface area contributed by atoms with Gasteiger partial charge in [0.1, 0.15) is 11.0 Å². The highest BCUT2D eigenvalue weighted by Crippen LogP contribution is 2.28. The van der Waals surface area contributed by atoms with Gasteiger partial charge in [-0.1, -0.05) is 25.4 Å². The molecule has 0 radical (unpaired) electrons. The zero-order valence-corrected chi connectivity index (χ0v) is 14.7. The summed E-state index contributed by atoms with van der Waals surface area (Å²) in [6.45, 7) is 7.35. The third-order valence-corrected chi connectivity index (χ3v) is 5.21. The highest BCUT2D eigenvalue weighted by Gasteiger charge is 2.27. The number of halogens is 2. The van der Waals surface area contributed by atoms with Crippen molar-refractivity contribution >= 4 is 34.2 Å². The lowest BCUT2D eigenvalue weighted by atomic mass is 10.1. The molecule has 0 bridgehead atoms. The molecule has 2 heterocycles. The SMILES string of the molecule is CC(C)c1nc(C2CN(C)CCN2C)nc(Cl)c1I. The van der Waals surface area contributed by atoms with E-state index in [0.717, 1.165) is 34.7 Å². The molecule has 0 aromatic carbocycles. The second kappa shape index (κ2) is 6.20. The van der Waals surface area contributed by atoms with E-state index >= 15 is 0 Å². The topological polar surface area (TPSA) is 32.3 Å². The molecule has 6 heteroatoms. The molecule has 1 aliphatic heterocycles. The van der Waals surface area contributed by atoms with Crippen LogP contribution in [0.2, 0.25) is 5.15 Å². The lowest BCUT2D eigenvalue weighted by Crippen LogP contribution is -2.45. The average molecular weight is 395 g/mol. The minimum absolute atomic E-state index is 0.228. The van der Waals surface area contributed by atoms with E-state index in [-0.39, 0.29) is 6.04 Å². The van der Waals surface area contributed by atoms with Gasteiger partial charge in [0.15, 0.2) is 0 Å².